The van der Waals surface area contributed by atoms with Gasteiger partial charge in [-0.05, 0) is 48.4 Å². The minimum atomic E-state index is -0.568. The molecule has 0 aliphatic heterocycles. The molecule has 112 valence electrons. The molecule has 0 bridgehead atoms. The zero-order valence-corrected chi connectivity index (χ0v) is 13.8. The first-order valence-electron chi connectivity index (χ1n) is 6.63. The van der Waals surface area contributed by atoms with Gasteiger partial charge in [0.25, 0.3) is 0 Å². The summed E-state index contributed by atoms with van der Waals surface area (Å²) < 4.78 is 27.7. The Balaban J connectivity index is 2.30. The van der Waals surface area contributed by atoms with E-state index in [2.05, 4.69) is 21.2 Å². The van der Waals surface area contributed by atoms with Gasteiger partial charge in [0.1, 0.15) is 11.6 Å². The van der Waals surface area contributed by atoms with Crippen LogP contribution < -0.4 is 5.32 Å². The van der Waals surface area contributed by atoms with Crippen LogP contribution in [0, 0.1) is 11.6 Å². The fraction of sp³-hybridized carbons (Fsp3) is 0.250. The molecule has 0 heterocycles. The molecule has 0 fully saturated rings. The third kappa shape index (κ3) is 4.50. The highest BCUT2D eigenvalue weighted by molar-refractivity contribution is 9.10. The van der Waals surface area contributed by atoms with Crippen LogP contribution in [0.5, 0.6) is 0 Å². The number of benzene rings is 2. The Morgan fingerprint density at radius 2 is 1.95 bits per heavy atom. The van der Waals surface area contributed by atoms with Crippen molar-refractivity contribution in [2.45, 2.75) is 19.4 Å². The Morgan fingerprint density at radius 3 is 2.57 bits per heavy atom. The van der Waals surface area contributed by atoms with Gasteiger partial charge in [-0.2, -0.15) is 0 Å². The van der Waals surface area contributed by atoms with Crippen LogP contribution in [0.15, 0.2) is 40.9 Å². The van der Waals surface area contributed by atoms with Crippen molar-refractivity contribution in [2.75, 3.05) is 6.54 Å². The summed E-state index contributed by atoms with van der Waals surface area (Å²) >= 11 is 9.47. The van der Waals surface area contributed by atoms with Crippen molar-refractivity contribution in [3.63, 3.8) is 0 Å². The number of likely N-dealkylation sites (N-methyl/N-ethyl adjacent to an activating group) is 1. The average Bonchev–Trinajstić information content (AvgIpc) is 2.40. The molecule has 0 saturated heterocycles. The highest BCUT2D eigenvalue weighted by atomic mass is 79.9. The molecule has 0 aliphatic rings. The molecule has 0 radical (unpaired) electrons. The number of rotatable bonds is 5. The van der Waals surface area contributed by atoms with E-state index in [0.29, 0.717) is 17.0 Å². The molecule has 1 atom stereocenters. The quantitative estimate of drug-likeness (QED) is 0.751. The zero-order valence-electron chi connectivity index (χ0n) is 11.5. The van der Waals surface area contributed by atoms with Gasteiger partial charge in [-0.25, -0.2) is 8.78 Å². The summed E-state index contributed by atoms with van der Waals surface area (Å²) in [6, 6.07) is 9.16. The molecule has 0 saturated carbocycles. The van der Waals surface area contributed by atoms with E-state index in [0.717, 1.165) is 22.6 Å². The summed E-state index contributed by atoms with van der Waals surface area (Å²) in [5.41, 5.74) is 1.43. The molecule has 5 heteroatoms. The Labute approximate surface area is 136 Å². The lowest BCUT2D eigenvalue weighted by molar-refractivity contribution is 0.521. The Kier molecular flexibility index (Phi) is 5.73. The predicted molar refractivity (Wildman–Crippen MR) is 85.6 cm³/mol. The Hall–Kier alpha value is -0.970. The summed E-state index contributed by atoms with van der Waals surface area (Å²) in [6.45, 7) is 2.71. The van der Waals surface area contributed by atoms with E-state index < -0.39 is 11.6 Å². The van der Waals surface area contributed by atoms with Gasteiger partial charge in [0.15, 0.2) is 0 Å². The van der Waals surface area contributed by atoms with Crippen LogP contribution in [-0.2, 0) is 6.42 Å². The standard InChI is InChI=1S/C16H15BrClF2N/c1-2-21-16(11-5-12(17)8-13(18)6-11)7-10-3-4-14(19)9-15(10)20/h3-6,8-9,16,21H,2,7H2,1H3. The van der Waals surface area contributed by atoms with Gasteiger partial charge < -0.3 is 5.32 Å². The van der Waals surface area contributed by atoms with E-state index in [4.69, 9.17) is 11.6 Å². The van der Waals surface area contributed by atoms with Gasteiger partial charge in [0.2, 0.25) is 0 Å². The average molecular weight is 375 g/mol. The van der Waals surface area contributed by atoms with Crippen molar-refractivity contribution in [3.8, 4) is 0 Å². The summed E-state index contributed by atoms with van der Waals surface area (Å²) in [7, 11) is 0. The molecule has 2 rings (SSSR count). The molecule has 21 heavy (non-hydrogen) atoms. The smallest absolute Gasteiger partial charge is 0.129 e. The van der Waals surface area contributed by atoms with Crippen molar-refractivity contribution in [3.05, 3.63) is 68.7 Å². The van der Waals surface area contributed by atoms with Crippen molar-refractivity contribution in [1.82, 2.24) is 5.32 Å². The molecule has 0 aromatic heterocycles. The largest absolute Gasteiger partial charge is 0.310 e. The maximum atomic E-state index is 13.8. The minimum Gasteiger partial charge on any atom is -0.310 e. The molecule has 2 aromatic carbocycles. The topological polar surface area (TPSA) is 12.0 Å². The Bertz CT molecular complexity index is 613. The van der Waals surface area contributed by atoms with Crippen LogP contribution in [0.4, 0.5) is 8.78 Å². The highest BCUT2D eigenvalue weighted by Crippen LogP contribution is 2.27. The number of nitrogens with one attached hydrogen (secondary N) is 1. The summed E-state index contributed by atoms with van der Waals surface area (Å²) in [6.07, 6.45) is 0.423. The van der Waals surface area contributed by atoms with E-state index in [-0.39, 0.29) is 6.04 Å². The van der Waals surface area contributed by atoms with Crippen molar-refractivity contribution in [1.29, 1.82) is 0 Å². The maximum absolute atomic E-state index is 13.8. The molecule has 1 unspecified atom stereocenters. The van der Waals surface area contributed by atoms with Crippen LogP contribution in [0.3, 0.4) is 0 Å². The van der Waals surface area contributed by atoms with Crippen LogP contribution in [0.25, 0.3) is 0 Å². The highest BCUT2D eigenvalue weighted by Gasteiger charge is 2.15. The zero-order chi connectivity index (χ0) is 15.4. The SMILES string of the molecule is CCNC(Cc1ccc(F)cc1F)c1cc(Cl)cc(Br)c1. The van der Waals surface area contributed by atoms with Gasteiger partial charge in [-0.1, -0.05) is 40.5 Å². The molecule has 1 N–H and O–H groups in total. The first-order chi connectivity index (χ1) is 9.99. The second-order valence-electron chi connectivity index (χ2n) is 4.75. The van der Waals surface area contributed by atoms with Crippen molar-refractivity contribution >= 4 is 27.5 Å². The third-order valence-electron chi connectivity index (χ3n) is 3.18. The lowest BCUT2D eigenvalue weighted by atomic mass is 9.98. The van der Waals surface area contributed by atoms with Crippen LogP contribution in [-0.4, -0.2) is 6.54 Å². The summed E-state index contributed by atoms with van der Waals surface area (Å²) in [5.74, 6) is -1.10. The number of halogens is 4. The van der Waals surface area contributed by atoms with Gasteiger partial charge in [0, 0.05) is 21.6 Å². The first kappa shape index (κ1) is 16.4. The van der Waals surface area contributed by atoms with Gasteiger partial charge in [0.05, 0.1) is 0 Å². The third-order valence-corrected chi connectivity index (χ3v) is 3.85. The van der Waals surface area contributed by atoms with Crippen LogP contribution in [0.2, 0.25) is 5.02 Å². The molecule has 0 spiro atoms. The second-order valence-corrected chi connectivity index (χ2v) is 6.11. The van der Waals surface area contributed by atoms with E-state index in [1.165, 1.54) is 12.1 Å². The van der Waals surface area contributed by atoms with Crippen molar-refractivity contribution < 1.29 is 8.78 Å². The van der Waals surface area contributed by atoms with E-state index in [1.807, 2.05) is 19.1 Å². The molecular formula is C16H15BrClF2N. The molecule has 1 nitrogen and oxygen atoms in total. The fourth-order valence-corrected chi connectivity index (χ4v) is 3.12. The van der Waals surface area contributed by atoms with Crippen LogP contribution in [0.1, 0.15) is 24.1 Å². The normalized spacial score (nSPS) is 12.4. The maximum Gasteiger partial charge on any atom is 0.129 e. The van der Waals surface area contributed by atoms with Gasteiger partial charge in [-0.3, -0.25) is 0 Å². The van der Waals surface area contributed by atoms with E-state index in [9.17, 15) is 8.78 Å². The lowest BCUT2D eigenvalue weighted by Gasteiger charge is -2.19. The summed E-state index contributed by atoms with van der Waals surface area (Å²) in [4.78, 5) is 0. The predicted octanol–water partition coefficient (Wildman–Crippen LogP) is 5.27. The summed E-state index contributed by atoms with van der Waals surface area (Å²) in [5, 5.41) is 3.92. The Morgan fingerprint density at radius 1 is 1.19 bits per heavy atom. The number of hydrogen-bond acceptors (Lipinski definition) is 1. The lowest BCUT2D eigenvalue weighted by Crippen LogP contribution is -2.23. The van der Waals surface area contributed by atoms with E-state index >= 15 is 0 Å². The molecule has 0 aliphatic carbocycles. The number of hydrogen-bond donors (Lipinski definition) is 1. The fourth-order valence-electron chi connectivity index (χ4n) is 2.24. The van der Waals surface area contributed by atoms with Gasteiger partial charge >= 0.3 is 0 Å². The molecular weight excluding hydrogens is 360 g/mol. The van der Waals surface area contributed by atoms with E-state index in [1.54, 1.807) is 6.07 Å². The monoisotopic (exact) mass is 373 g/mol. The van der Waals surface area contributed by atoms with Crippen molar-refractivity contribution in [2.24, 2.45) is 0 Å². The van der Waals surface area contributed by atoms with Crippen LogP contribution >= 0.6 is 27.5 Å². The second kappa shape index (κ2) is 7.34. The molecule has 0 amide bonds. The van der Waals surface area contributed by atoms with Gasteiger partial charge in [-0.15, -0.1) is 0 Å². The first-order valence-corrected chi connectivity index (χ1v) is 7.80. The minimum absolute atomic E-state index is 0.0926. The molecule has 2 aromatic rings.